The first kappa shape index (κ1) is 17.8. The molecular formula is C22H21N3S. The van der Waals surface area contributed by atoms with Crippen LogP contribution in [0.25, 0.3) is 0 Å². The van der Waals surface area contributed by atoms with Crippen molar-refractivity contribution in [3.63, 3.8) is 0 Å². The summed E-state index contributed by atoms with van der Waals surface area (Å²) in [6, 6.07) is 28.6. The Morgan fingerprint density at radius 1 is 0.885 bits per heavy atom. The van der Waals surface area contributed by atoms with E-state index in [1.54, 1.807) is 6.21 Å². The Labute approximate surface area is 160 Å². The fourth-order valence-corrected chi connectivity index (χ4v) is 2.80. The van der Waals surface area contributed by atoms with Gasteiger partial charge in [0, 0.05) is 24.8 Å². The third-order valence-corrected chi connectivity index (χ3v) is 4.27. The first-order valence-electron chi connectivity index (χ1n) is 8.47. The second-order valence-electron chi connectivity index (χ2n) is 5.94. The van der Waals surface area contributed by atoms with Gasteiger partial charge < -0.3 is 4.90 Å². The predicted molar refractivity (Wildman–Crippen MR) is 114 cm³/mol. The van der Waals surface area contributed by atoms with Crippen LogP contribution in [0.4, 0.5) is 11.4 Å². The summed E-state index contributed by atoms with van der Waals surface area (Å²) in [4.78, 5) is 2.85. The maximum atomic E-state index is 5.33. The molecule has 0 spiro atoms. The first-order valence-corrected chi connectivity index (χ1v) is 8.88. The molecule has 0 aliphatic rings. The van der Waals surface area contributed by atoms with E-state index in [1.807, 2.05) is 48.5 Å². The summed E-state index contributed by atoms with van der Waals surface area (Å²) in [6.45, 7) is 0. The van der Waals surface area contributed by atoms with Crippen LogP contribution in [0.2, 0.25) is 0 Å². The lowest BCUT2D eigenvalue weighted by atomic mass is 10.1. The molecule has 0 bridgehead atoms. The van der Waals surface area contributed by atoms with E-state index in [0.29, 0.717) is 11.4 Å². The molecule has 4 heteroatoms. The van der Waals surface area contributed by atoms with Gasteiger partial charge in [-0.2, -0.15) is 5.10 Å². The normalized spacial score (nSPS) is 10.7. The minimum atomic E-state index is 0.689. The van der Waals surface area contributed by atoms with Crippen molar-refractivity contribution in [3.8, 4) is 0 Å². The molecule has 0 saturated carbocycles. The Balaban J connectivity index is 1.55. The van der Waals surface area contributed by atoms with Gasteiger partial charge in [0.15, 0.2) is 0 Å². The van der Waals surface area contributed by atoms with Crippen LogP contribution in [0.3, 0.4) is 0 Å². The molecule has 0 saturated heterocycles. The standard InChI is InChI=1S/C22H21N3S/c1-25(20-10-6-3-7-11-20)21-14-12-19(13-15-21)17-23-24-22(26)16-18-8-4-2-5-9-18/h2-15,17H,16H2,1H3,(H,24,26)/b23-17+. The number of hydrogen-bond acceptors (Lipinski definition) is 3. The number of nitrogens with one attached hydrogen (secondary N) is 1. The Kier molecular flexibility index (Phi) is 6.12. The number of thiocarbonyl (C=S) groups is 1. The summed E-state index contributed by atoms with van der Waals surface area (Å²) in [5, 5.41) is 4.24. The van der Waals surface area contributed by atoms with Gasteiger partial charge in [-0.1, -0.05) is 72.9 Å². The fourth-order valence-electron chi connectivity index (χ4n) is 2.58. The number of para-hydroxylation sites is 1. The zero-order valence-electron chi connectivity index (χ0n) is 14.7. The third-order valence-electron chi connectivity index (χ3n) is 4.03. The van der Waals surface area contributed by atoms with Crippen molar-refractivity contribution in [1.29, 1.82) is 0 Å². The summed E-state index contributed by atoms with van der Waals surface area (Å²) >= 11 is 5.33. The highest BCUT2D eigenvalue weighted by Gasteiger charge is 2.02. The highest BCUT2D eigenvalue weighted by molar-refractivity contribution is 7.80. The molecule has 0 heterocycles. The molecule has 0 aliphatic heterocycles. The van der Waals surface area contributed by atoms with Gasteiger partial charge in [-0.3, -0.25) is 5.43 Å². The molecule has 0 amide bonds. The molecule has 0 aromatic heterocycles. The van der Waals surface area contributed by atoms with E-state index < -0.39 is 0 Å². The molecule has 3 aromatic carbocycles. The van der Waals surface area contributed by atoms with Crippen molar-refractivity contribution in [1.82, 2.24) is 5.43 Å². The topological polar surface area (TPSA) is 27.6 Å². The van der Waals surface area contributed by atoms with E-state index in [-0.39, 0.29) is 0 Å². The largest absolute Gasteiger partial charge is 0.345 e. The van der Waals surface area contributed by atoms with E-state index in [0.717, 1.165) is 16.9 Å². The average molecular weight is 359 g/mol. The Hall–Kier alpha value is -2.98. The van der Waals surface area contributed by atoms with Crippen molar-refractivity contribution < 1.29 is 0 Å². The van der Waals surface area contributed by atoms with Gasteiger partial charge in [0.25, 0.3) is 0 Å². The van der Waals surface area contributed by atoms with E-state index in [4.69, 9.17) is 12.2 Å². The van der Waals surface area contributed by atoms with Crippen LogP contribution in [0.1, 0.15) is 11.1 Å². The molecule has 0 aliphatic carbocycles. The van der Waals surface area contributed by atoms with Crippen LogP contribution in [0.5, 0.6) is 0 Å². The second kappa shape index (κ2) is 8.92. The third kappa shape index (κ3) is 5.01. The van der Waals surface area contributed by atoms with Crippen LogP contribution in [0, 0.1) is 0 Å². The molecule has 0 fully saturated rings. The van der Waals surface area contributed by atoms with Gasteiger partial charge in [-0.15, -0.1) is 0 Å². The molecule has 0 unspecified atom stereocenters. The maximum absolute atomic E-state index is 5.33. The number of anilines is 2. The minimum Gasteiger partial charge on any atom is -0.345 e. The van der Waals surface area contributed by atoms with Crippen LogP contribution in [-0.2, 0) is 6.42 Å². The molecule has 3 aromatic rings. The SMILES string of the molecule is CN(c1ccccc1)c1ccc(/C=N/NC(=S)Cc2ccccc2)cc1. The lowest BCUT2D eigenvalue weighted by Gasteiger charge is -2.19. The first-order chi connectivity index (χ1) is 12.7. The maximum Gasteiger partial charge on any atom is 0.100 e. The number of nitrogens with zero attached hydrogens (tertiary/aromatic N) is 2. The Morgan fingerprint density at radius 2 is 1.46 bits per heavy atom. The molecule has 1 N–H and O–H groups in total. The highest BCUT2D eigenvalue weighted by Crippen LogP contribution is 2.22. The van der Waals surface area contributed by atoms with Crippen molar-refractivity contribution >= 4 is 34.8 Å². The van der Waals surface area contributed by atoms with E-state index in [9.17, 15) is 0 Å². The molecule has 0 atom stereocenters. The predicted octanol–water partition coefficient (Wildman–Crippen LogP) is 4.95. The fraction of sp³-hybridized carbons (Fsp3) is 0.0909. The summed E-state index contributed by atoms with van der Waals surface area (Å²) < 4.78 is 0. The number of benzene rings is 3. The highest BCUT2D eigenvalue weighted by atomic mass is 32.1. The molecule has 26 heavy (non-hydrogen) atoms. The summed E-state index contributed by atoms with van der Waals surface area (Å²) in [5.74, 6) is 0. The van der Waals surface area contributed by atoms with Gasteiger partial charge >= 0.3 is 0 Å². The molecule has 3 nitrogen and oxygen atoms in total. The number of hydrazone groups is 1. The quantitative estimate of drug-likeness (QED) is 0.383. The lowest BCUT2D eigenvalue weighted by Crippen LogP contribution is -2.17. The second-order valence-corrected chi connectivity index (χ2v) is 6.43. The van der Waals surface area contributed by atoms with E-state index in [2.05, 4.69) is 58.9 Å². The van der Waals surface area contributed by atoms with Gasteiger partial charge in [0.05, 0.1) is 6.21 Å². The number of rotatable bonds is 6. The molecular weight excluding hydrogens is 338 g/mol. The molecule has 130 valence electrons. The van der Waals surface area contributed by atoms with E-state index >= 15 is 0 Å². The van der Waals surface area contributed by atoms with Crippen molar-refractivity contribution in [2.24, 2.45) is 5.10 Å². The molecule has 0 radical (unpaired) electrons. The Morgan fingerprint density at radius 3 is 2.12 bits per heavy atom. The number of hydrogen-bond donors (Lipinski definition) is 1. The zero-order chi connectivity index (χ0) is 18.2. The van der Waals surface area contributed by atoms with Crippen molar-refractivity contribution in [2.75, 3.05) is 11.9 Å². The summed E-state index contributed by atoms with van der Waals surface area (Å²) in [6.07, 6.45) is 2.47. The van der Waals surface area contributed by atoms with Crippen molar-refractivity contribution in [2.45, 2.75) is 6.42 Å². The van der Waals surface area contributed by atoms with E-state index in [1.165, 1.54) is 5.56 Å². The van der Waals surface area contributed by atoms with Gasteiger partial charge in [0.1, 0.15) is 4.99 Å². The van der Waals surface area contributed by atoms with Crippen LogP contribution in [0.15, 0.2) is 90.0 Å². The van der Waals surface area contributed by atoms with Crippen molar-refractivity contribution in [3.05, 3.63) is 96.1 Å². The summed E-state index contributed by atoms with van der Waals surface area (Å²) in [5.41, 5.74) is 7.41. The van der Waals surface area contributed by atoms with Gasteiger partial charge in [-0.05, 0) is 35.4 Å². The zero-order valence-corrected chi connectivity index (χ0v) is 15.5. The smallest absolute Gasteiger partial charge is 0.100 e. The molecule has 3 rings (SSSR count). The van der Waals surface area contributed by atoms with Crippen LogP contribution < -0.4 is 10.3 Å². The monoisotopic (exact) mass is 359 g/mol. The van der Waals surface area contributed by atoms with Gasteiger partial charge in [0.2, 0.25) is 0 Å². The average Bonchev–Trinajstić information content (AvgIpc) is 2.69. The lowest BCUT2D eigenvalue weighted by molar-refractivity contribution is 1.02. The minimum absolute atomic E-state index is 0.689. The van der Waals surface area contributed by atoms with Crippen LogP contribution >= 0.6 is 12.2 Å². The van der Waals surface area contributed by atoms with Gasteiger partial charge in [-0.25, -0.2) is 0 Å². The Bertz CT molecular complexity index is 859. The van der Waals surface area contributed by atoms with Crippen LogP contribution in [-0.4, -0.2) is 18.3 Å². The summed E-state index contributed by atoms with van der Waals surface area (Å²) in [7, 11) is 2.06.